The van der Waals surface area contributed by atoms with Crippen molar-refractivity contribution in [1.29, 1.82) is 0 Å². The van der Waals surface area contributed by atoms with Crippen LogP contribution in [0, 0.1) is 11.6 Å². The number of hydrogen-bond acceptors (Lipinski definition) is 1. The highest BCUT2D eigenvalue weighted by atomic mass is 32.4. The third kappa shape index (κ3) is 6.21. The molecule has 2 heteroatoms. The van der Waals surface area contributed by atoms with Crippen LogP contribution in [0.15, 0.2) is 0 Å². The molecule has 0 aliphatic heterocycles. The summed E-state index contributed by atoms with van der Waals surface area (Å²) in [4.78, 5) is 0. The fourth-order valence-electron chi connectivity index (χ4n) is 0.269. The van der Waals surface area contributed by atoms with E-state index in [9.17, 15) is 0 Å². The van der Waals surface area contributed by atoms with Crippen LogP contribution in [0.4, 0.5) is 0 Å². The molecule has 0 amide bonds. The molecule has 0 nitrogen and oxygen atoms in total. The predicted octanol–water partition coefficient (Wildman–Crippen LogP) is 2.10. The minimum atomic E-state index is -1.21. The first-order chi connectivity index (χ1) is 3.56. The predicted molar refractivity (Wildman–Crippen MR) is 44.2 cm³/mol. The maximum atomic E-state index is 5.09. The Hall–Kier alpha value is 0.210. The third-order valence-electron chi connectivity index (χ3n) is 0.525. The zero-order chi connectivity index (χ0) is 6.62. The monoisotopic (exact) mass is 146 g/mol. The molecule has 0 radical (unpaired) electrons. The summed E-state index contributed by atoms with van der Waals surface area (Å²) < 4.78 is 0. The van der Waals surface area contributed by atoms with Gasteiger partial charge in [0.1, 0.15) is 0 Å². The van der Waals surface area contributed by atoms with E-state index in [4.69, 9.17) is 11.8 Å². The maximum Gasteiger partial charge on any atom is 0.0178 e. The first-order valence-electron chi connectivity index (χ1n) is 2.61. The van der Waals surface area contributed by atoms with Gasteiger partial charge in [0.2, 0.25) is 0 Å². The molecule has 46 valence electrons. The summed E-state index contributed by atoms with van der Waals surface area (Å²) in [7, 11) is 0. The van der Waals surface area contributed by atoms with Gasteiger partial charge in [-0.3, -0.25) is 0 Å². The smallest absolute Gasteiger partial charge is 0.0178 e. The summed E-state index contributed by atoms with van der Waals surface area (Å²) in [6.45, 7) is 6.13. The highest BCUT2D eigenvalue weighted by Gasteiger charge is 1.90. The van der Waals surface area contributed by atoms with Crippen molar-refractivity contribution in [1.82, 2.24) is 0 Å². The molecule has 0 N–H and O–H groups in total. The largest absolute Gasteiger partial charge is 0.0982 e. The molecule has 0 unspecified atom stereocenters. The Balaban J connectivity index is 3.89. The van der Waals surface area contributed by atoms with Crippen LogP contribution in [-0.4, -0.2) is 13.3 Å². The Morgan fingerprint density at radius 3 is 2.12 bits per heavy atom. The molecule has 0 saturated carbocycles. The summed E-state index contributed by atoms with van der Waals surface area (Å²) in [6.07, 6.45) is 0.931. The molecule has 0 saturated heterocycles. The third-order valence-corrected chi connectivity index (χ3v) is 1.50. The van der Waals surface area contributed by atoms with Crippen molar-refractivity contribution < 1.29 is 0 Å². The molecule has 0 aromatic rings. The summed E-state index contributed by atoms with van der Waals surface area (Å²) in [5.41, 5.74) is 3.05. The molecule has 0 spiro atoms. The molecule has 0 aromatic carbocycles. The van der Waals surface area contributed by atoms with E-state index in [1.165, 1.54) is 0 Å². The van der Waals surface area contributed by atoms with Gasteiger partial charge < -0.3 is 0 Å². The molecular formula is C6H11PS. The van der Waals surface area contributed by atoms with E-state index < -0.39 is 6.04 Å². The molecule has 0 rings (SSSR count). The van der Waals surface area contributed by atoms with E-state index in [1.807, 2.05) is 20.3 Å². The molecule has 0 aromatic heterocycles. The van der Waals surface area contributed by atoms with Crippen molar-refractivity contribution in [3.8, 4) is 11.6 Å². The van der Waals surface area contributed by atoms with Gasteiger partial charge in [-0.2, -0.15) is 0 Å². The lowest BCUT2D eigenvalue weighted by atomic mass is 10.5. The Morgan fingerprint density at radius 1 is 1.50 bits per heavy atom. The van der Waals surface area contributed by atoms with Crippen LogP contribution in [0.25, 0.3) is 0 Å². The van der Waals surface area contributed by atoms with Gasteiger partial charge in [-0.05, 0) is 13.3 Å². The molecule has 0 bridgehead atoms. The van der Waals surface area contributed by atoms with Crippen molar-refractivity contribution in [2.75, 3.05) is 13.3 Å². The molecule has 0 aliphatic carbocycles. The van der Waals surface area contributed by atoms with Crippen molar-refractivity contribution in [3.63, 3.8) is 0 Å². The highest BCUT2D eigenvalue weighted by Crippen LogP contribution is 2.33. The average molecular weight is 146 g/mol. The molecule has 0 atom stereocenters. The minimum Gasteiger partial charge on any atom is -0.0982 e. The van der Waals surface area contributed by atoms with Gasteiger partial charge >= 0.3 is 0 Å². The Morgan fingerprint density at radius 2 is 2.00 bits per heavy atom. The Bertz CT molecular complexity index is 155. The molecular weight excluding hydrogens is 135 g/mol. The van der Waals surface area contributed by atoms with E-state index in [1.54, 1.807) is 0 Å². The first kappa shape index (κ1) is 8.21. The van der Waals surface area contributed by atoms with Gasteiger partial charge in [0, 0.05) is 12.5 Å². The summed E-state index contributed by atoms with van der Waals surface area (Å²) in [5.74, 6) is 2.98. The standard InChI is InChI=1S/C6H11PS/c1-4-5-6-7(2,3)8/h4H2,1-3H3. The van der Waals surface area contributed by atoms with Gasteiger partial charge in [0.25, 0.3) is 0 Å². The van der Waals surface area contributed by atoms with Crippen LogP contribution >= 0.6 is 6.04 Å². The number of hydrogen-bond donors (Lipinski definition) is 0. The van der Waals surface area contributed by atoms with E-state index >= 15 is 0 Å². The van der Waals surface area contributed by atoms with Crippen LogP contribution < -0.4 is 0 Å². The lowest BCUT2D eigenvalue weighted by Gasteiger charge is -1.93. The SMILES string of the molecule is CCC#CP(C)(C)=S. The van der Waals surface area contributed by atoms with E-state index in [-0.39, 0.29) is 0 Å². The van der Waals surface area contributed by atoms with Crippen LogP contribution in [0.5, 0.6) is 0 Å². The summed E-state index contributed by atoms with van der Waals surface area (Å²) in [5, 5.41) is 0. The summed E-state index contributed by atoms with van der Waals surface area (Å²) >= 11 is 5.09. The van der Waals surface area contributed by atoms with E-state index in [2.05, 4.69) is 11.6 Å². The van der Waals surface area contributed by atoms with E-state index in [0.717, 1.165) is 6.42 Å². The average Bonchev–Trinajstić information content (AvgIpc) is 1.59. The van der Waals surface area contributed by atoms with Crippen molar-refractivity contribution in [2.45, 2.75) is 13.3 Å². The van der Waals surface area contributed by atoms with Crippen molar-refractivity contribution in [2.24, 2.45) is 0 Å². The van der Waals surface area contributed by atoms with Gasteiger partial charge in [0.15, 0.2) is 0 Å². The van der Waals surface area contributed by atoms with Crippen LogP contribution in [0.3, 0.4) is 0 Å². The Labute approximate surface area is 56.7 Å². The maximum absolute atomic E-state index is 5.09. The fourth-order valence-corrected chi connectivity index (χ4v) is 1.00. The fraction of sp³-hybridized carbons (Fsp3) is 0.667. The molecule has 0 fully saturated rings. The highest BCUT2D eigenvalue weighted by molar-refractivity contribution is 8.16. The van der Waals surface area contributed by atoms with Crippen LogP contribution in [0.2, 0.25) is 0 Å². The minimum absolute atomic E-state index is 0.931. The quantitative estimate of drug-likeness (QED) is 0.372. The number of rotatable bonds is 0. The topological polar surface area (TPSA) is 0 Å². The van der Waals surface area contributed by atoms with Crippen LogP contribution in [-0.2, 0) is 11.8 Å². The molecule has 0 heterocycles. The molecule has 0 aliphatic rings. The lowest BCUT2D eigenvalue weighted by Crippen LogP contribution is -1.64. The Kier molecular flexibility index (Phi) is 3.36. The van der Waals surface area contributed by atoms with Crippen molar-refractivity contribution >= 4 is 17.8 Å². The van der Waals surface area contributed by atoms with Gasteiger partial charge in [-0.1, -0.05) is 30.3 Å². The summed E-state index contributed by atoms with van der Waals surface area (Å²) in [6, 6.07) is -1.21. The first-order valence-corrected chi connectivity index (χ1v) is 6.31. The van der Waals surface area contributed by atoms with Gasteiger partial charge in [-0.15, -0.1) is 0 Å². The second-order valence-electron chi connectivity index (χ2n) is 1.99. The normalized spacial score (nSPS) is 9.88. The second kappa shape index (κ2) is 3.28. The zero-order valence-corrected chi connectivity index (χ0v) is 7.27. The molecule has 8 heavy (non-hydrogen) atoms. The zero-order valence-electron chi connectivity index (χ0n) is 5.56. The van der Waals surface area contributed by atoms with E-state index in [0.29, 0.717) is 0 Å². The van der Waals surface area contributed by atoms with Crippen molar-refractivity contribution in [3.05, 3.63) is 0 Å². The van der Waals surface area contributed by atoms with Crippen LogP contribution in [0.1, 0.15) is 13.3 Å². The van der Waals surface area contributed by atoms with Gasteiger partial charge in [-0.25, -0.2) is 0 Å². The van der Waals surface area contributed by atoms with Gasteiger partial charge in [0.05, 0.1) is 0 Å². The second-order valence-corrected chi connectivity index (χ2v) is 7.66. The lowest BCUT2D eigenvalue weighted by molar-refractivity contribution is 1.28.